The fourth-order valence-electron chi connectivity index (χ4n) is 1.80. The molecular formula is C11H11ClN2O4S. The van der Waals surface area contributed by atoms with E-state index in [1.165, 1.54) is 30.5 Å². The maximum atomic E-state index is 12.1. The number of halogens is 1. The Kier molecular flexibility index (Phi) is 3.88. The van der Waals surface area contributed by atoms with Gasteiger partial charge in [-0.3, -0.25) is 4.79 Å². The van der Waals surface area contributed by atoms with Gasteiger partial charge in [0.15, 0.2) is 0 Å². The van der Waals surface area contributed by atoms with E-state index in [0.717, 1.165) is 0 Å². The molecular weight excluding hydrogens is 292 g/mol. The van der Waals surface area contributed by atoms with Gasteiger partial charge in [-0.05, 0) is 18.6 Å². The number of nitrogens with one attached hydrogen (secondary N) is 1. The second kappa shape index (κ2) is 5.28. The summed E-state index contributed by atoms with van der Waals surface area (Å²) in [6, 6.07) is 2.25. The summed E-state index contributed by atoms with van der Waals surface area (Å²) in [5, 5.41) is 8.71. The molecule has 0 fully saturated rings. The van der Waals surface area contributed by atoms with Gasteiger partial charge < -0.3 is 5.11 Å². The lowest BCUT2D eigenvalue weighted by Gasteiger charge is -2.13. The van der Waals surface area contributed by atoms with Crippen molar-refractivity contribution >= 4 is 27.6 Å². The first kappa shape index (κ1) is 14.0. The summed E-state index contributed by atoms with van der Waals surface area (Å²) in [6.07, 6.45) is 4.57. The van der Waals surface area contributed by atoms with Gasteiger partial charge in [0, 0.05) is 12.2 Å². The average Bonchev–Trinajstić information content (AvgIpc) is 2.77. The molecule has 0 saturated heterocycles. The van der Waals surface area contributed by atoms with Crippen LogP contribution in [-0.2, 0) is 14.8 Å². The van der Waals surface area contributed by atoms with Crippen LogP contribution in [0.5, 0.6) is 0 Å². The van der Waals surface area contributed by atoms with Gasteiger partial charge in [0.1, 0.15) is 10.0 Å². The van der Waals surface area contributed by atoms with E-state index in [2.05, 4.69) is 9.71 Å². The maximum absolute atomic E-state index is 12.1. The molecule has 0 bridgehead atoms. The van der Waals surface area contributed by atoms with Crippen LogP contribution >= 0.6 is 11.6 Å². The highest BCUT2D eigenvalue weighted by Crippen LogP contribution is 2.22. The summed E-state index contributed by atoms with van der Waals surface area (Å²) < 4.78 is 26.5. The lowest BCUT2D eigenvalue weighted by atomic mass is 10.1. The molecule has 2 atom stereocenters. The number of carboxylic acids is 1. The van der Waals surface area contributed by atoms with E-state index >= 15 is 0 Å². The molecule has 0 radical (unpaired) electrons. The van der Waals surface area contributed by atoms with Crippen molar-refractivity contribution in [3.8, 4) is 0 Å². The van der Waals surface area contributed by atoms with Gasteiger partial charge >= 0.3 is 5.97 Å². The van der Waals surface area contributed by atoms with Gasteiger partial charge in [0.05, 0.1) is 5.92 Å². The van der Waals surface area contributed by atoms with Gasteiger partial charge in [0.25, 0.3) is 0 Å². The van der Waals surface area contributed by atoms with E-state index in [1.54, 1.807) is 0 Å². The summed E-state index contributed by atoms with van der Waals surface area (Å²) in [5.41, 5.74) is 0. The predicted molar refractivity (Wildman–Crippen MR) is 68.2 cm³/mol. The molecule has 0 saturated carbocycles. The molecule has 0 amide bonds. The second-order valence-corrected chi connectivity index (χ2v) is 6.13. The Bertz CT molecular complexity index is 629. The first-order valence-corrected chi connectivity index (χ1v) is 7.30. The molecule has 19 heavy (non-hydrogen) atoms. The third-order valence-electron chi connectivity index (χ3n) is 2.72. The molecule has 102 valence electrons. The molecule has 6 nitrogen and oxygen atoms in total. The number of carboxylic acid groups (broad SMARTS) is 1. The quantitative estimate of drug-likeness (QED) is 0.640. The second-order valence-electron chi connectivity index (χ2n) is 4.09. The molecule has 1 heterocycles. The van der Waals surface area contributed by atoms with E-state index in [1.807, 2.05) is 0 Å². The molecule has 1 aliphatic carbocycles. The third kappa shape index (κ3) is 3.12. The van der Waals surface area contributed by atoms with Crippen molar-refractivity contribution < 1.29 is 18.3 Å². The highest BCUT2D eigenvalue weighted by Gasteiger charge is 2.29. The number of nitrogens with zero attached hydrogens (tertiary/aromatic N) is 1. The maximum Gasteiger partial charge on any atom is 0.310 e. The minimum absolute atomic E-state index is 0.119. The number of sulfonamides is 1. The van der Waals surface area contributed by atoms with Crippen molar-refractivity contribution in [2.75, 3.05) is 0 Å². The number of rotatable bonds is 4. The molecule has 0 aliphatic heterocycles. The van der Waals surface area contributed by atoms with Gasteiger partial charge in [-0.15, -0.1) is 0 Å². The van der Waals surface area contributed by atoms with Crippen LogP contribution in [-0.4, -0.2) is 30.5 Å². The smallest absolute Gasteiger partial charge is 0.310 e. The van der Waals surface area contributed by atoms with Crippen molar-refractivity contribution in [3.05, 3.63) is 35.6 Å². The number of carbonyl (C=O) groups is 1. The minimum Gasteiger partial charge on any atom is -0.481 e. The van der Waals surface area contributed by atoms with Gasteiger partial charge in [0.2, 0.25) is 10.0 Å². The Morgan fingerprint density at radius 3 is 2.79 bits per heavy atom. The minimum atomic E-state index is -3.81. The van der Waals surface area contributed by atoms with Crippen LogP contribution in [0.4, 0.5) is 0 Å². The fourth-order valence-corrected chi connectivity index (χ4v) is 3.46. The van der Waals surface area contributed by atoms with Crippen LogP contribution in [0.1, 0.15) is 6.42 Å². The Labute approximate surface area is 115 Å². The number of aromatic nitrogens is 1. The molecule has 1 aromatic heterocycles. The Hall–Kier alpha value is -1.44. The zero-order chi connectivity index (χ0) is 14.0. The zero-order valence-corrected chi connectivity index (χ0v) is 11.2. The lowest BCUT2D eigenvalue weighted by Crippen LogP contribution is -2.33. The average molecular weight is 303 g/mol. The third-order valence-corrected chi connectivity index (χ3v) is 4.66. The zero-order valence-electron chi connectivity index (χ0n) is 9.65. The molecule has 2 rings (SSSR count). The van der Waals surface area contributed by atoms with Crippen molar-refractivity contribution in [2.24, 2.45) is 5.92 Å². The topological polar surface area (TPSA) is 96.4 Å². The summed E-state index contributed by atoms with van der Waals surface area (Å²) in [4.78, 5) is 14.4. The van der Waals surface area contributed by atoms with E-state index < -0.39 is 28.0 Å². The number of hydrogen-bond acceptors (Lipinski definition) is 4. The largest absolute Gasteiger partial charge is 0.481 e. The van der Waals surface area contributed by atoms with E-state index in [9.17, 15) is 13.2 Å². The van der Waals surface area contributed by atoms with E-state index in [4.69, 9.17) is 16.7 Å². The monoisotopic (exact) mass is 302 g/mol. The molecule has 2 N–H and O–H groups in total. The summed E-state index contributed by atoms with van der Waals surface area (Å²) >= 11 is 5.73. The van der Waals surface area contributed by atoms with Crippen LogP contribution in [0.15, 0.2) is 35.4 Å². The molecule has 1 aromatic rings. The lowest BCUT2D eigenvalue weighted by molar-refractivity contribution is -0.140. The SMILES string of the molecule is O=C(O)C1C=CC(NS(=O)(=O)c2cccnc2Cl)C1. The highest BCUT2D eigenvalue weighted by atomic mass is 35.5. The molecule has 0 spiro atoms. The van der Waals surface area contributed by atoms with Gasteiger partial charge in [-0.2, -0.15) is 0 Å². The normalized spacial score (nSPS) is 22.6. The number of pyridine rings is 1. The van der Waals surface area contributed by atoms with Crippen LogP contribution < -0.4 is 4.72 Å². The molecule has 0 aromatic carbocycles. The standard InChI is InChI=1S/C11H11ClN2O4S/c12-10-9(2-1-5-13-10)19(17,18)14-8-4-3-7(6-8)11(15)16/h1-5,7-8,14H,6H2,(H,15,16). The summed E-state index contributed by atoms with van der Waals surface area (Å²) in [6.45, 7) is 0. The number of aliphatic carboxylic acids is 1. The van der Waals surface area contributed by atoms with Crippen LogP contribution in [0.25, 0.3) is 0 Å². The summed E-state index contributed by atoms with van der Waals surface area (Å²) in [5.74, 6) is -1.64. The Morgan fingerprint density at radius 1 is 1.47 bits per heavy atom. The Morgan fingerprint density at radius 2 is 2.21 bits per heavy atom. The molecule has 1 aliphatic rings. The molecule has 2 unspecified atom stereocenters. The number of hydrogen-bond donors (Lipinski definition) is 2. The fraction of sp³-hybridized carbons (Fsp3) is 0.273. The van der Waals surface area contributed by atoms with Crippen molar-refractivity contribution in [1.29, 1.82) is 0 Å². The predicted octanol–water partition coefficient (Wildman–Crippen LogP) is 1.04. The molecule has 8 heteroatoms. The summed E-state index contributed by atoms with van der Waals surface area (Å²) in [7, 11) is -3.81. The van der Waals surface area contributed by atoms with Crippen LogP contribution in [0.2, 0.25) is 5.15 Å². The van der Waals surface area contributed by atoms with Crippen LogP contribution in [0, 0.1) is 5.92 Å². The Balaban J connectivity index is 2.14. The van der Waals surface area contributed by atoms with Gasteiger partial charge in [-0.25, -0.2) is 18.1 Å². The van der Waals surface area contributed by atoms with E-state index in [0.29, 0.717) is 0 Å². The van der Waals surface area contributed by atoms with Gasteiger partial charge in [-0.1, -0.05) is 23.8 Å². The van der Waals surface area contributed by atoms with Crippen molar-refractivity contribution in [1.82, 2.24) is 9.71 Å². The van der Waals surface area contributed by atoms with E-state index in [-0.39, 0.29) is 16.5 Å². The van der Waals surface area contributed by atoms with Crippen molar-refractivity contribution in [3.63, 3.8) is 0 Å². The van der Waals surface area contributed by atoms with Crippen molar-refractivity contribution in [2.45, 2.75) is 17.4 Å². The highest BCUT2D eigenvalue weighted by molar-refractivity contribution is 7.89. The first-order chi connectivity index (χ1) is 8.90. The first-order valence-electron chi connectivity index (χ1n) is 5.44. The van der Waals surface area contributed by atoms with Crippen LogP contribution in [0.3, 0.4) is 0 Å².